The monoisotopic (exact) mass is 234 g/mol. The second-order valence-electron chi connectivity index (χ2n) is 3.26. The lowest BCUT2D eigenvalue weighted by atomic mass is 10.3. The van der Waals surface area contributed by atoms with E-state index >= 15 is 0 Å². The molecule has 0 aliphatic rings. The van der Waals surface area contributed by atoms with E-state index in [1.165, 1.54) is 0 Å². The standard InChI is InChI=1S/C11H10N2O2S/c1-7-6-10(16-13-7)11(14)15-9-5-3-2-4-8(9)12/h2-6H,12H2,1H3. The number of anilines is 1. The van der Waals surface area contributed by atoms with Crippen LogP contribution in [0.5, 0.6) is 5.75 Å². The summed E-state index contributed by atoms with van der Waals surface area (Å²) in [5.74, 6) is -0.0537. The van der Waals surface area contributed by atoms with Gasteiger partial charge in [0.1, 0.15) is 4.88 Å². The normalized spacial score (nSPS) is 10.1. The molecular weight excluding hydrogens is 224 g/mol. The molecule has 82 valence electrons. The first-order chi connectivity index (χ1) is 7.66. The van der Waals surface area contributed by atoms with Crippen molar-refractivity contribution in [2.75, 3.05) is 5.73 Å². The molecule has 16 heavy (non-hydrogen) atoms. The number of nitrogens with two attached hydrogens (primary N) is 1. The Bertz CT molecular complexity index is 522. The van der Waals surface area contributed by atoms with Gasteiger partial charge in [-0.25, -0.2) is 4.79 Å². The molecule has 5 heteroatoms. The van der Waals surface area contributed by atoms with Gasteiger partial charge in [-0.2, -0.15) is 4.37 Å². The summed E-state index contributed by atoms with van der Waals surface area (Å²) >= 11 is 1.12. The van der Waals surface area contributed by atoms with Crippen LogP contribution in [-0.2, 0) is 0 Å². The van der Waals surface area contributed by atoms with Crippen molar-refractivity contribution in [1.82, 2.24) is 4.37 Å². The van der Waals surface area contributed by atoms with E-state index < -0.39 is 5.97 Å². The smallest absolute Gasteiger partial charge is 0.355 e. The van der Waals surface area contributed by atoms with E-state index in [1.54, 1.807) is 30.3 Å². The molecule has 2 aromatic rings. The molecule has 0 aliphatic heterocycles. The maximum atomic E-state index is 11.7. The van der Waals surface area contributed by atoms with Gasteiger partial charge in [-0.3, -0.25) is 0 Å². The Kier molecular flexibility index (Phi) is 2.87. The topological polar surface area (TPSA) is 65.2 Å². The number of nitrogen functional groups attached to an aromatic ring is 1. The molecule has 1 heterocycles. The molecule has 0 unspecified atom stereocenters. The predicted octanol–water partition coefficient (Wildman–Crippen LogP) is 2.25. The zero-order valence-electron chi connectivity index (χ0n) is 8.64. The van der Waals surface area contributed by atoms with Crippen LogP contribution in [0.4, 0.5) is 5.69 Å². The number of hydrogen-bond donors (Lipinski definition) is 1. The van der Waals surface area contributed by atoms with Gasteiger partial charge in [0.2, 0.25) is 0 Å². The molecule has 0 saturated carbocycles. The van der Waals surface area contributed by atoms with Crippen LogP contribution in [0.15, 0.2) is 30.3 Å². The van der Waals surface area contributed by atoms with E-state index in [0.29, 0.717) is 16.3 Å². The lowest BCUT2D eigenvalue weighted by molar-refractivity contribution is 0.0741. The van der Waals surface area contributed by atoms with Crippen LogP contribution in [0.25, 0.3) is 0 Å². The Hall–Kier alpha value is -1.88. The number of carbonyl (C=O) groups is 1. The third-order valence-corrected chi connectivity index (χ3v) is 2.81. The molecule has 0 fully saturated rings. The highest BCUT2D eigenvalue weighted by atomic mass is 32.1. The summed E-state index contributed by atoms with van der Waals surface area (Å²) in [5.41, 5.74) is 6.91. The van der Waals surface area contributed by atoms with Crippen LogP contribution in [0.2, 0.25) is 0 Å². The Labute approximate surface area is 96.8 Å². The SMILES string of the molecule is Cc1cc(C(=O)Oc2ccccc2N)sn1. The van der Waals surface area contributed by atoms with Crippen molar-refractivity contribution >= 4 is 23.2 Å². The van der Waals surface area contributed by atoms with Gasteiger partial charge < -0.3 is 10.5 Å². The summed E-state index contributed by atoms with van der Waals surface area (Å²) in [6, 6.07) is 8.56. The van der Waals surface area contributed by atoms with Crippen LogP contribution in [0, 0.1) is 6.92 Å². The number of carbonyl (C=O) groups excluding carboxylic acids is 1. The maximum Gasteiger partial charge on any atom is 0.355 e. The third kappa shape index (κ3) is 2.20. The zero-order valence-corrected chi connectivity index (χ0v) is 9.45. The van der Waals surface area contributed by atoms with Crippen LogP contribution >= 0.6 is 11.5 Å². The Balaban J connectivity index is 2.17. The Morgan fingerprint density at radius 3 is 2.81 bits per heavy atom. The van der Waals surface area contributed by atoms with Crippen LogP contribution in [-0.4, -0.2) is 10.3 Å². The van der Waals surface area contributed by atoms with Gasteiger partial charge in [-0.1, -0.05) is 12.1 Å². The van der Waals surface area contributed by atoms with Gasteiger partial charge in [0.15, 0.2) is 5.75 Å². The van der Waals surface area contributed by atoms with Crippen LogP contribution < -0.4 is 10.5 Å². The molecule has 0 saturated heterocycles. The van der Waals surface area contributed by atoms with Gasteiger partial charge in [0.25, 0.3) is 0 Å². The quantitative estimate of drug-likeness (QED) is 0.491. The molecule has 2 N–H and O–H groups in total. The molecule has 0 radical (unpaired) electrons. The predicted molar refractivity (Wildman–Crippen MR) is 62.7 cm³/mol. The number of aryl methyl sites for hydroxylation is 1. The highest BCUT2D eigenvalue weighted by Gasteiger charge is 2.12. The largest absolute Gasteiger partial charge is 0.420 e. The van der Waals surface area contributed by atoms with Crippen molar-refractivity contribution in [2.24, 2.45) is 0 Å². The first-order valence-electron chi connectivity index (χ1n) is 4.67. The minimum Gasteiger partial charge on any atom is -0.420 e. The number of aromatic nitrogens is 1. The molecule has 0 atom stereocenters. The fourth-order valence-corrected chi connectivity index (χ4v) is 1.82. The van der Waals surface area contributed by atoms with Gasteiger partial charge in [0.05, 0.1) is 11.4 Å². The Morgan fingerprint density at radius 2 is 2.19 bits per heavy atom. The minimum atomic E-state index is -0.427. The van der Waals surface area contributed by atoms with E-state index in [4.69, 9.17) is 10.5 Å². The highest BCUT2D eigenvalue weighted by Crippen LogP contribution is 2.22. The third-order valence-electron chi connectivity index (χ3n) is 1.95. The van der Waals surface area contributed by atoms with Gasteiger partial charge >= 0.3 is 5.97 Å². The van der Waals surface area contributed by atoms with Crippen molar-refractivity contribution < 1.29 is 9.53 Å². The Morgan fingerprint density at radius 1 is 1.44 bits per heavy atom. The summed E-state index contributed by atoms with van der Waals surface area (Å²) in [5, 5.41) is 0. The van der Waals surface area contributed by atoms with E-state index in [9.17, 15) is 4.79 Å². The van der Waals surface area contributed by atoms with Crippen molar-refractivity contribution in [3.63, 3.8) is 0 Å². The van der Waals surface area contributed by atoms with Crippen molar-refractivity contribution in [1.29, 1.82) is 0 Å². The number of ether oxygens (including phenoxy) is 1. The molecule has 0 amide bonds. The first kappa shape index (κ1) is 10.6. The zero-order chi connectivity index (χ0) is 11.5. The molecule has 1 aromatic heterocycles. The van der Waals surface area contributed by atoms with Crippen molar-refractivity contribution in [3.05, 3.63) is 40.9 Å². The summed E-state index contributed by atoms with van der Waals surface area (Å²) in [6.07, 6.45) is 0. The molecule has 0 bridgehead atoms. The average Bonchev–Trinajstić information content (AvgIpc) is 2.68. The molecule has 2 rings (SSSR count). The van der Waals surface area contributed by atoms with E-state index in [2.05, 4.69) is 4.37 Å². The van der Waals surface area contributed by atoms with Crippen LogP contribution in [0.3, 0.4) is 0 Å². The summed E-state index contributed by atoms with van der Waals surface area (Å²) in [6.45, 7) is 1.82. The second kappa shape index (κ2) is 4.32. The highest BCUT2D eigenvalue weighted by molar-refractivity contribution is 7.08. The molecule has 1 aromatic carbocycles. The van der Waals surface area contributed by atoms with E-state index in [-0.39, 0.29) is 0 Å². The van der Waals surface area contributed by atoms with Crippen molar-refractivity contribution in [3.8, 4) is 5.75 Å². The molecule has 0 aliphatic carbocycles. The van der Waals surface area contributed by atoms with Crippen molar-refractivity contribution in [2.45, 2.75) is 6.92 Å². The number of esters is 1. The number of rotatable bonds is 2. The van der Waals surface area contributed by atoms with Crippen LogP contribution in [0.1, 0.15) is 15.4 Å². The first-order valence-corrected chi connectivity index (χ1v) is 5.44. The summed E-state index contributed by atoms with van der Waals surface area (Å²) in [7, 11) is 0. The number of benzene rings is 1. The van der Waals surface area contributed by atoms with Gasteiger partial charge in [-0.15, -0.1) is 0 Å². The second-order valence-corrected chi connectivity index (χ2v) is 4.06. The summed E-state index contributed by atoms with van der Waals surface area (Å²) < 4.78 is 9.16. The number of hydrogen-bond acceptors (Lipinski definition) is 5. The maximum absolute atomic E-state index is 11.7. The fourth-order valence-electron chi connectivity index (χ4n) is 1.18. The lowest BCUT2D eigenvalue weighted by Gasteiger charge is -2.04. The fraction of sp³-hybridized carbons (Fsp3) is 0.0909. The number of nitrogens with zero attached hydrogens (tertiary/aromatic N) is 1. The van der Waals surface area contributed by atoms with Gasteiger partial charge in [-0.05, 0) is 36.7 Å². The van der Waals surface area contributed by atoms with E-state index in [1.807, 2.05) is 6.92 Å². The molecule has 0 spiro atoms. The molecule has 4 nitrogen and oxygen atoms in total. The lowest BCUT2D eigenvalue weighted by Crippen LogP contribution is -2.07. The van der Waals surface area contributed by atoms with Gasteiger partial charge in [0, 0.05) is 0 Å². The molecular formula is C11H10N2O2S. The van der Waals surface area contributed by atoms with E-state index in [0.717, 1.165) is 17.2 Å². The number of para-hydroxylation sites is 2. The average molecular weight is 234 g/mol. The summed E-state index contributed by atoms with van der Waals surface area (Å²) in [4.78, 5) is 12.1. The minimum absolute atomic E-state index is 0.374.